The predicted octanol–water partition coefficient (Wildman–Crippen LogP) is 4.04. The molecule has 0 bridgehead atoms. The lowest BCUT2D eigenvalue weighted by atomic mass is 10.2. The molecule has 0 saturated carbocycles. The van der Waals surface area contributed by atoms with E-state index in [1.54, 1.807) is 6.33 Å². The fourth-order valence-electron chi connectivity index (χ4n) is 2.11. The molecule has 21 heavy (non-hydrogen) atoms. The Kier molecular flexibility index (Phi) is 3.92. The minimum absolute atomic E-state index is 0.830. The van der Waals surface area contributed by atoms with Crippen molar-refractivity contribution >= 4 is 50.7 Å². The van der Waals surface area contributed by atoms with Gasteiger partial charge in [-0.15, -0.1) is 0 Å². The lowest BCUT2D eigenvalue weighted by Gasteiger charge is -2.13. The number of nitrogens with one attached hydrogen (secondary N) is 1. The van der Waals surface area contributed by atoms with Gasteiger partial charge < -0.3 is 10.2 Å². The number of aromatic nitrogens is 2. The molecule has 0 radical (unpaired) electrons. The van der Waals surface area contributed by atoms with Crippen LogP contribution in [0.2, 0.25) is 0 Å². The van der Waals surface area contributed by atoms with Gasteiger partial charge in [-0.2, -0.15) is 0 Å². The molecule has 0 amide bonds. The van der Waals surface area contributed by atoms with Crippen molar-refractivity contribution in [2.75, 3.05) is 24.3 Å². The van der Waals surface area contributed by atoms with Gasteiger partial charge >= 0.3 is 0 Å². The second kappa shape index (κ2) is 5.85. The number of anilines is 3. The summed E-state index contributed by atoms with van der Waals surface area (Å²) in [4.78, 5) is 10.7. The van der Waals surface area contributed by atoms with Gasteiger partial charge in [-0.05, 0) is 65.1 Å². The van der Waals surface area contributed by atoms with Gasteiger partial charge in [0.15, 0.2) is 0 Å². The number of hydrogen-bond donors (Lipinski definition) is 1. The van der Waals surface area contributed by atoms with E-state index in [4.69, 9.17) is 0 Å². The van der Waals surface area contributed by atoms with Crippen molar-refractivity contribution in [2.24, 2.45) is 0 Å². The highest BCUT2D eigenvalue weighted by Gasteiger charge is 2.05. The van der Waals surface area contributed by atoms with Gasteiger partial charge in [-0.1, -0.05) is 0 Å². The van der Waals surface area contributed by atoms with Gasteiger partial charge in [-0.3, -0.25) is 0 Å². The van der Waals surface area contributed by atoms with Crippen LogP contribution in [0.5, 0.6) is 0 Å². The third kappa shape index (κ3) is 3.07. The lowest BCUT2D eigenvalue weighted by Crippen LogP contribution is -2.08. The van der Waals surface area contributed by atoms with E-state index in [-0.39, 0.29) is 0 Å². The molecule has 3 aromatic rings. The first-order valence-electron chi connectivity index (χ1n) is 6.58. The summed E-state index contributed by atoms with van der Waals surface area (Å²) in [5.74, 6) is 0.830. The van der Waals surface area contributed by atoms with Crippen LogP contribution in [0, 0.1) is 3.57 Å². The van der Waals surface area contributed by atoms with Gasteiger partial charge in [0.25, 0.3) is 0 Å². The lowest BCUT2D eigenvalue weighted by molar-refractivity contribution is 1.13. The Morgan fingerprint density at radius 2 is 1.76 bits per heavy atom. The molecule has 0 aliphatic rings. The summed E-state index contributed by atoms with van der Waals surface area (Å²) in [7, 11) is 4.06. The van der Waals surface area contributed by atoms with E-state index in [9.17, 15) is 0 Å². The number of halogens is 1. The fraction of sp³-hybridized carbons (Fsp3) is 0.125. The second-order valence-corrected chi connectivity index (χ2v) is 6.20. The molecule has 0 atom stereocenters. The number of benzene rings is 2. The molecule has 1 N–H and O–H groups in total. The fourth-order valence-corrected chi connectivity index (χ4v) is 2.60. The van der Waals surface area contributed by atoms with Crippen LogP contribution in [0.3, 0.4) is 0 Å². The van der Waals surface area contributed by atoms with Crippen molar-refractivity contribution in [3.05, 3.63) is 52.4 Å². The SMILES string of the molecule is CN(C)c1ccc(Nc2ncnc3ccc(I)cc23)cc1. The topological polar surface area (TPSA) is 41.0 Å². The largest absolute Gasteiger partial charge is 0.378 e. The molecule has 0 aliphatic heterocycles. The van der Waals surface area contributed by atoms with E-state index in [1.165, 1.54) is 9.26 Å². The average molecular weight is 390 g/mol. The van der Waals surface area contributed by atoms with Crippen LogP contribution in [0.4, 0.5) is 17.2 Å². The maximum atomic E-state index is 4.36. The van der Waals surface area contributed by atoms with Gasteiger partial charge in [0.05, 0.1) is 5.52 Å². The molecule has 1 heterocycles. The Balaban J connectivity index is 1.96. The molecule has 4 nitrogen and oxygen atoms in total. The van der Waals surface area contributed by atoms with E-state index in [2.05, 4.69) is 73.1 Å². The molecule has 5 heteroatoms. The van der Waals surface area contributed by atoms with E-state index < -0.39 is 0 Å². The highest BCUT2D eigenvalue weighted by atomic mass is 127. The molecule has 0 unspecified atom stereocenters. The summed E-state index contributed by atoms with van der Waals surface area (Å²) in [5, 5.41) is 4.40. The van der Waals surface area contributed by atoms with E-state index >= 15 is 0 Å². The van der Waals surface area contributed by atoms with Crippen molar-refractivity contribution in [3.63, 3.8) is 0 Å². The van der Waals surface area contributed by atoms with Gasteiger partial charge in [-0.25, -0.2) is 9.97 Å². The summed E-state index contributed by atoms with van der Waals surface area (Å²) in [6.07, 6.45) is 1.59. The highest BCUT2D eigenvalue weighted by molar-refractivity contribution is 14.1. The van der Waals surface area contributed by atoms with Crippen LogP contribution in [0.25, 0.3) is 10.9 Å². The van der Waals surface area contributed by atoms with E-state index in [0.29, 0.717) is 0 Å². The number of hydrogen-bond acceptors (Lipinski definition) is 4. The minimum Gasteiger partial charge on any atom is -0.378 e. The first kappa shape index (κ1) is 14.1. The predicted molar refractivity (Wildman–Crippen MR) is 96.3 cm³/mol. The molecular weight excluding hydrogens is 375 g/mol. The quantitative estimate of drug-likeness (QED) is 0.686. The zero-order chi connectivity index (χ0) is 14.8. The third-order valence-corrected chi connectivity index (χ3v) is 3.91. The summed E-state index contributed by atoms with van der Waals surface area (Å²) >= 11 is 2.30. The van der Waals surface area contributed by atoms with Crippen LogP contribution < -0.4 is 10.2 Å². The van der Waals surface area contributed by atoms with Crippen LogP contribution in [0.1, 0.15) is 0 Å². The molecule has 0 saturated heterocycles. The average Bonchev–Trinajstić information content (AvgIpc) is 2.48. The molecule has 0 fully saturated rings. The molecule has 3 rings (SSSR count). The number of nitrogens with zero attached hydrogens (tertiary/aromatic N) is 3. The Labute approximate surface area is 137 Å². The van der Waals surface area contributed by atoms with E-state index in [0.717, 1.165) is 22.4 Å². The molecule has 0 aliphatic carbocycles. The van der Waals surface area contributed by atoms with Crippen LogP contribution in [-0.2, 0) is 0 Å². The normalized spacial score (nSPS) is 10.6. The first-order valence-corrected chi connectivity index (χ1v) is 7.66. The summed E-state index contributed by atoms with van der Waals surface area (Å²) < 4.78 is 1.17. The van der Waals surface area contributed by atoms with Crippen molar-refractivity contribution in [3.8, 4) is 0 Å². The maximum absolute atomic E-state index is 4.36. The molecule has 1 aromatic heterocycles. The van der Waals surface area contributed by atoms with Crippen molar-refractivity contribution < 1.29 is 0 Å². The van der Waals surface area contributed by atoms with Crippen LogP contribution >= 0.6 is 22.6 Å². The van der Waals surface area contributed by atoms with Crippen molar-refractivity contribution in [1.29, 1.82) is 0 Å². The summed E-state index contributed by atoms with van der Waals surface area (Å²) in [5.41, 5.74) is 3.12. The Morgan fingerprint density at radius 1 is 1.00 bits per heavy atom. The summed E-state index contributed by atoms with van der Waals surface area (Å²) in [6, 6.07) is 14.4. The van der Waals surface area contributed by atoms with Gasteiger partial charge in [0, 0.05) is 34.4 Å². The van der Waals surface area contributed by atoms with Crippen molar-refractivity contribution in [1.82, 2.24) is 9.97 Å². The molecule has 2 aromatic carbocycles. The number of fused-ring (bicyclic) bond motifs is 1. The standard InChI is InChI=1S/C16H15IN4/c1-21(2)13-6-4-12(5-7-13)20-16-14-9-11(17)3-8-15(14)18-10-19-16/h3-10H,1-2H3,(H,18,19,20). The van der Waals surface area contributed by atoms with Crippen molar-refractivity contribution in [2.45, 2.75) is 0 Å². The molecular formula is C16H15IN4. The smallest absolute Gasteiger partial charge is 0.141 e. The monoisotopic (exact) mass is 390 g/mol. The number of rotatable bonds is 3. The Bertz CT molecular complexity index is 769. The van der Waals surface area contributed by atoms with Crippen LogP contribution in [0.15, 0.2) is 48.8 Å². The van der Waals surface area contributed by atoms with Gasteiger partial charge in [0.2, 0.25) is 0 Å². The Morgan fingerprint density at radius 3 is 2.48 bits per heavy atom. The van der Waals surface area contributed by atoms with E-state index in [1.807, 2.05) is 26.2 Å². The van der Waals surface area contributed by atoms with Gasteiger partial charge in [0.1, 0.15) is 12.1 Å². The summed E-state index contributed by atoms with van der Waals surface area (Å²) in [6.45, 7) is 0. The zero-order valence-corrected chi connectivity index (χ0v) is 14.0. The maximum Gasteiger partial charge on any atom is 0.141 e. The third-order valence-electron chi connectivity index (χ3n) is 3.24. The van der Waals surface area contributed by atoms with Crippen LogP contribution in [-0.4, -0.2) is 24.1 Å². The Hall–Kier alpha value is -1.89. The second-order valence-electron chi connectivity index (χ2n) is 4.95. The molecule has 106 valence electrons. The highest BCUT2D eigenvalue weighted by Crippen LogP contribution is 2.25. The first-order chi connectivity index (χ1) is 10.1. The molecule has 0 spiro atoms. The minimum atomic E-state index is 0.830. The zero-order valence-electron chi connectivity index (χ0n) is 11.8.